The van der Waals surface area contributed by atoms with Crippen molar-refractivity contribution in [2.45, 2.75) is 27.3 Å². The molecule has 1 aromatic rings. The molecule has 0 spiro atoms. The first kappa shape index (κ1) is 13.3. The van der Waals surface area contributed by atoms with Crippen LogP contribution in [0.4, 0.5) is 4.79 Å². The number of amides is 4. The van der Waals surface area contributed by atoms with Crippen molar-refractivity contribution >= 4 is 17.8 Å². The van der Waals surface area contributed by atoms with Crippen molar-refractivity contribution in [1.82, 2.24) is 15.0 Å². The molecule has 7 heteroatoms. The minimum Gasteiger partial charge on any atom is -0.361 e. The third-order valence-corrected chi connectivity index (χ3v) is 2.68. The summed E-state index contributed by atoms with van der Waals surface area (Å²) in [6.45, 7) is 5.64. The smallest absolute Gasteiger partial charge is 0.334 e. The van der Waals surface area contributed by atoms with E-state index >= 15 is 0 Å². The number of imide groups is 2. The van der Waals surface area contributed by atoms with Crippen molar-refractivity contribution in [3.8, 4) is 0 Å². The lowest BCUT2D eigenvalue weighted by atomic mass is 10.2. The zero-order valence-corrected chi connectivity index (χ0v) is 11.0. The highest BCUT2D eigenvalue weighted by atomic mass is 16.5. The number of aryl methyl sites for hydroxylation is 1. The number of carbonyl (C=O) groups excluding carboxylic acids is 3. The van der Waals surface area contributed by atoms with E-state index in [4.69, 9.17) is 4.52 Å². The first-order valence-corrected chi connectivity index (χ1v) is 5.99. The van der Waals surface area contributed by atoms with Crippen molar-refractivity contribution in [2.24, 2.45) is 5.92 Å². The molecule has 0 aromatic carbocycles. The molecule has 2 rings (SSSR count). The molecule has 0 bridgehead atoms. The van der Waals surface area contributed by atoms with Gasteiger partial charge in [0.15, 0.2) is 0 Å². The molecule has 2 heterocycles. The van der Waals surface area contributed by atoms with Crippen LogP contribution in [0.3, 0.4) is 0 Å². The second-order valence-electron chi connectivity index (χ2n) is 4.91. The Morgan fingerprint density at radius 1 is 1.21 bits per heavy atom. The van der Waals surface area contributed by atoms with Gasteiger partial charge in [-0.2, -0.15) is 0 Å². The molecule has 1 saturated heterocycles. The Labute approximate surface area is 110 Å². The molecule has 0 radical (unpaired) electrons. The van der Waals surface area contributed by atoms with Gasteiger partial charge in [0.05, 0.1) is 6.54 Å². The molecule has 7 nitrogen and oxygen atoms in total. The maximum atomic E-state index is 12.0. The summed E-state index contributed by atoms with van der Waals surface area (Å²) in [7, 11) is 0. The zero-order valence-electron chi connectivity index (χ0n) is 11.0. The molecule has 1 aliphatic heterocycles. The minimum absolute atomic E-state index is 0.0463. The van der Waals surface area contributed by atoms with Crippen LogP contribution >= 0.6 is 0 Å². The van der Waals surface area contributed by atoms with E-state index in [9.17, 15) is 14.4 Å². The van der Waals surface area contributed by atoms with E-state index in [0.717, 1.165) is 9.80 Å². The van der Waals surface area contributed by atoms with Gasteiger partial charge >= 0.3 is 17.8 Å². The van der Waals surface area contributed by atoms with Gasteiger partial charge in [-0.25, -0.2) is 9.69 Å². The number of urea groups is 1. The Morgan fingerprint density at radius 3 is 2.37 bits per heavy atom. The van der Waals surface area contributed by atoms with E-state index in [1.807, 2.05) is 13.8 Å². The van der Waals surface area contributed by atoms with E-state index in [1.165, 1.54) is 0 Å². The molecule has 0 N–H and O–H groups in total. The lowest BCUT2D eigenvalue weighted by molar-refractivity contribution is -0.143. The monoisotopic (exact) mass is 265 g/mol. The van der Waals surface area contributed by atoms with Crippen LogP contribution in [0.2, 0.25) is 0 Å². The van der Waals surface area contributed by atoms with E-state index in [0.29, 0.717) is 11.5 Å². The third-order valence-electron chi connectivity index (χ3n) is 2.68. The van der Waals surface area contributed by atoms with Gasteiger partial charge in [0.2, 0.25) is 0 Å². The highest BCUT2D eigenvalue weighted by molar-refractivity contribution is 6.44. The summed E-state index contributed by atoms with van der Waals surface area (Å²) in [6.07, 6.45) is 0. The molecular formula is C12H15N3O4. The van der Waals surface area contributed by atoms with E-state index in [2.05, 4.69) is 5.16 Å². The maximum absolute atomic E-state index is 12.0. The molecule has 102 valence electrons. The van der Waals surface area contributed by atoms with Gasteiger partial charge in [-0.05, 0) is 12.8 Å². The van der Waals surface area contributed by atoms with Crippen LogP contribution in [-0.2, 0) is 16.1 Å². The lowest BCUT2D eigenvalue weighted by Gasteiger charge is -2.16. The van der Waals surface area contributed by atoms with Gasteiger partial charge in [-0.15, -0.1) is 0 Å². The second kappa shape index (κ2) is 4.83. The highest BCUT2D eigenvalue weighted by Gasteiger charge is 2.44. The fraction of sp³-hybridized carbons (Fsp3) is 0.500. The fourth-order valence-electron chi connectivity index (χ4n) is 1.87. The molecule has 1 fully saturated rings. The van der Waals surface area contributed by atoms with Crippen LogP contribution in [-0.4, -0.2) is 39.3 Å². The average Bonchev–Trinajstić information content (AvgIpc) is 2.82. The first-order valence-electron chi connectivity index (χ1n) is 5.99. The summed E-state index contributed by atoms with van der Waals surface area (Å²) < 4.78 is 4.87. The number of hydrogen-bond acceptors (Lipinski definition) is 5. The van der Waals surface area contributed by atoms with Gasteiger partial charge in [0, 0.05) is 12.6 Å². The van der Waals surface area contributed by atoms with Crippen molar-refractivity contribution < 1.29 is 18.9 Å². The first-order chi connectivity index (χ1) is 8.90. The van der Waals surface area contributed by atoms with Crippen LogP contribution < -0.4 is 0 Å². The van der Waals surface area contributed by atoms with Gasteiger partial charge in [-0.3, -0.25) is 14.5 Å². The van der Waals surface area contributed by atoms with Crippen molar-refractivity contribution in [3.05, 3.63) is 17.5 Å². The van der Waals surface area contributed by atoms with E-state index in [1.54, 1.807) is 13.0 Å². The second-order valence-corrected chi connectivity index (χ2v) is 4.91. The highest BCUT2D eigenvalue weighted by Crippen LogP contribution is 2.17. The third kappa shape index (κ3) is 2.49. The number of hydrogen-bond donors (Lipinski definition) is 0. The predicted octanol–water partition coefficient (Wildman–Crippen LogP) is 0.930. The Morgan fingerprint density at radius 2 is 1.84 bits per heavy atom. The van der Waals surface area contributed by atoms with Gasteiger partial charge in [-0.1, -0.05) is 19.0 Å². The molecule has 1 aromatic heterocycles. The largest absolute Gasteiger partial charge is 0.361 e. The average molecular weight is 265 g/mol. The maximum Gasteiger partial charge on any atom is 0.334 e. The van der Waals surface area contributed by atoms with E-state index in [-0.39, 0.29) is 19.0 Å². The van der Waals surface area contributed by atoms with Crippen LogP contribution in [0.5, 0.6) is 0 Å². The van der Waals surface area contributed by atoms with Crippen molar-refractivity contribution in [2.75, 3.05) is 6.54 Å². The van der Waals surface area contributed by atoms with Gasteiger partial charge in [0.1, 0.15) is 11.5 Å². The summed E-state index contributed by atoms with van der Waals surface area (Å²) >= 11 is 0. The zero-order chi connectivity index (χ0) is 14.2. The molecule has 19 heavy (non-hydrogen) atoms. The SMILES string of the molecule is Cc1cc(CN2C(=O)C(=O)N(CC(C)C)C2=O)no1. The van der Waals surface area contributed by atoms with E-state index < -0.39 is 17.8 Å². The minimum atomic E-state index is -0.814. The predicted molar refractivity (Wildman–Crippen MR) is 63.7 cm³/mol. The molecule has 4 amide bonds. The van der Waals surface area contributed by atoms with Crippen molar-refractivity contribution in [3.63, 3.8) is 0 Å². The lowest BCUT2D eigenvalue weighted by Crippen LogP contribution is -2.35. The Hall–Kier alpha value is -2.18. The normalized spacial score (nSPS) is 16.1. The molecular weight excluding hydrogens is 250 g/mol. The van der Waals surface area contributed by atoms with Gasteiger partial charge < -0.3 is 4.52 Å². The number of rotatable bonds is 4. The summed E-state index contributed by atoms with van der Waals surface area (Å²) in [5, 5.41) is 3.71. The van der Waals surface area contributed by atoms with Crippen LogP contribution in [0.15, 0.2) is 10.6 Å². The number of nitrogens with zero attached hydrogens (tertiary/aromatic N) is 3. The molecule has 0 saturated carbocycles. The summed E-state index contributed by atoms with van der Waals surface area (Å²) in [5.41, 5.74) is 0.443. The molecule has 0 aliphatic carbocycles. The summed E-state index contributed by atoms with van der Waals surface area (Å²) in [4.78, 5) is 37.4. The molecule has 1 aliphatic rings. The number of aromatic nitrogens is 1. The van der Waals surface area contributed by atoms with Crippen LogP contribution in [0.25, 0.3) is 0 Å². The summed E-state index contributed by atoms with van der Waals surface area (Å²) in [6, 6.07) is 1.03. The molecule has 0 unspecified atom stereocenters. The fourth-order valence-corrected chi connectivity index (χ4v) is 1.87. The topological polar surface area (TPSA) is 83.7 Å². The standard InChI is InChI=1S/C12H15N3O4/c1-7(2)5-14-10(16)11(17)15(12(14)18)6-9-4-8(3)19-13-9/h4,7H,5-6H2,1-3H3. The van der Waals surface area contributed by atoms with Crippen LogP contribution in [0, 0.1) is 12.8 Å². The Balaban J connectivity index is 2.15. The Bertz CT molecular complexity index is 535. The quantitative estimate of drug-likeness (QED) is 0.597. The molecule has 0 atom stereocenters. The van der Waals surface area contributed by atoms with Gasteiger partial charge in [0.25, 0.3) is 0 Å². The van der Waals surface area contributed by atoms with Crippen LogP contribution in [0.1, 0.15) is 25.3 Å². The number of carbonyl (C=O) groups is 3. The summed E-state index contributed by atoms with van der Waals surface area (Å²) in [5.74, 6) is -0.903. The van der Waals surface area contributed by atoms with Crippen molar-refractivity contribution in [1.29, 1.82) is 0 Å². The Kier molecular flexibility index (Phi) is 3.37.